The molecule has 0 amide bonds. The van der Waals surface area contributed by atoms with Gasteiger partial charge in [-0.3, -0.25) is 4.98 Å². The number of hydrogen-bond acceptors (Lipinski definition) is 6. The minimum atomic E-state index is 0.265. The SMILES string of the molecule is COc1c(N)ncnc1Nc1ccc(Cl)c2cccnc12. The fraction of sp³-hybridized carbons (Fsp3) is 0.0714. The predicted molar refractivity (Wildman–Crippen MR) is 83.0 cm³/mol. The van der Waals surface area contributed by atoms with Gasteiger partial charge in [-0.15, -0.1) is 0 Å². The number of aromatic nitrogens is 3. The van der Waals surface area contributed by atoms with E-state index in [9.17, 15) is 0 Å². The molecule has 3 aromatic rings. The number of hydrogen-bond donors (Lipinski definition) is 2. The van der Waals surface area contributed by atoms with Crippen molar-refractivity contribution in [2.24, 2.45) is 0 Å². The third kappa shape index (κ3) is 2.41. The predicted octanol–water partition coefficient (Wildman–Crippen LogP) is 3.01. The Balaban J connectivity index is 2.11. The number of nitrogens with one attached hydrogen (secondary N) is 1. The molecular weight excluding hydrogens is 290 g/mol. The van der Waals surface area contributed by atoms with Crippen LogP contribution in [0.15, 0.2) is 36.8 Å². The Hall–Kier alpha value is -2.60. The van der Waals surface area contributed by atoms with Crippen molar-refractivity contribution < 1.29 is 4.74 Å². The summed E-state index contributed by atoms with van der Waals surface area (Å²) < 4.78 is 5.23. The van der Waals surface area contributed by atoms with Gasteiger partial charge in [0.15, 0.2) is 11.6 Å². The van der Waals surface area contributed by atoms with E-state index >= 15 is 0 Å². The van der Waals surface area contributed by atoms with E-state index in [1.807, 2.05) is 18.2 Å². The molecule has 2 heterocycles. The van der Waals surface area contributed by atoms with Crippen LogP contribution in [0, 0.1) is 0 Å². The van der Waals surface area contributed by atoms with Crippen molar-refractivity contribution in [2.45, 2.75) is 0 Å². The Labute approximate surface area is 126 Å². The molecule has 6 nitrogen and oxygen atoms in total. The second-order valence-corrected chi connectivity index (χ2v) is 4.67. The molecular formula is C14H12ClN5O. The standard InChI is InChI=1S/C14H12ClN5O/c1-21-12-13(16)18-7-19-14(12)20-10-5-4-9(15)8-3-2-6-17-11(8)10/h2-7H,1H3,(H3,16,18,19,20). The number of pyridine rings is 1. The molecule has 0 radical (unpaired) electrons. The van der Waals surface area contributed by atoms with Crippen LogP contribution in [0.2, 0.25) is 5.02 Å². The molecule has 0 saturated heterocycles. The number of fused-ring (bicyclic) bond motifs is 1. The van der Waals surface area contributed by atoms with Gasteiger partial charge in [-0.05, 0) is 24.3 Å². The van der Waals surface area contributed by atoms with Gasteiger partial charge in [0.2, 0.25) is 5.75 Å². The van der Waals surface area contributed by atoms with Crippen molar-refractivity contribution in [1.82, 2.24) is 15.0 Å². The van der Waals surface area contributed by atoms with E-state index in [-0.39, 0.29) is 5.82 Å². The van der Waals surface area contributed by atoms with Gasteiger partial charge in [0.1, 0.15) is 6.33 Å². The highest BCUT2D eigenvalue weighted by Gasteiger charge is 2.12. The summed E-state index contributed by atoms with van der Waals surface area (Å²) in [6, 6.07) is 7.36. The molecule has 3 N–H and O–H groups in total. The van der Waals surface area contributed by atoms with Gasteiger partial charge < -0.3 is 15.8 Å². The first-order valence-electron chi connectivity index (χ1n) is 6.15. The fourth-order valence-corrected chi connectivity index (χ4v) is 2.26. The van der Waals surface area contributed by atoms with Crippen molar-refractivity contribution in [3.8, 4) is 5.75 Å². The average molecular weight is 302 g/mol. The molecule has 0 unspecified atom stereocenters. The number of nitrogens with zero attached hydrogens (tertiary/aromatic N) is 3. The highest BCUT2D eigenvalue weighted by atomic mass is 35.5. The van der Waals surface area contributed by atoms with Crippen LogP contribution in [0.25, 0.3) is 10.9 Å². The van der Waals surface area contributed by atoms with Crippen LogP contribution in [0.5, 0.6) is 5.75 Å². The molecule has 0 aliphatic carbocycles. The molecule has 3 rings (SSSR count). The van der Waals surface area contributed by atoms with E-state index in [1.165, 1.54) is 13.4 Å². The lowest BCUT2D eigenvalue weighted by Gasteiger charge is -2.12. The molecule has 1 aromatic carbocycles. The van der Waals surface area contributed by atoms with Crippen LogP contribution < -0.4 is 15.8 Å². The number of rotatable bonds is 3. The number of anilines is 3. The maximum Gasteiger partial charge on any atom is 0.204 e. The van der Waals surface area contributed by atoms with E-state index in [1.54, 1.807) is 12.3 Å². The third-order valence-electron chi connectivity index (χ3n) is 3.01. The summed E-state index contributed by atoms with van der Waals surface area (Å²) in [5, 5.41) is 4.65. The Morgan fingerprint density at radius 2 is 2.05 bits per heavy atom. The van der Waals surface area contributed by atoms with Crippen molar-refractivity contribution in [2.75, 3.05) is 18.2 Å². The summed E-state index contributed by atoms with van der Waals surface area (Å²) in [6.07, 6.45) is 3.07. The quantitative estimate of drug-likeness (QED) is 0.773. The second-order valence-electron chi connectivity index (χ2n) is 4.26. The highest BCUT2D eigenvalue weighted by Crippen LogP contribution is 2.33. The maximum atomic E-state index is 6.18. The average Bonchev–Trinajstić information content (AvgIpc) is 2.51. The largest absolute Gasteiger partial charge is 0.490 e. The normalized spacial score (nSPS) is 10.6. The zero-order valence-electron chi connectivity index (χ0n) is 11.2. The molecule has 0 aliphatic heterocycles. The first kappa shape index (κ1) is 13.4. The molecule has 0 fully saturated rings. The van der Waals surface area contributed by atoms with Gasteiger partial charge >= 0.3 is 0 Å². The smallest absolute Gasteiger partial charge is 0.204 e. The minimum Gasteiger partial charge on any atom is -0.490 e. The summed E-state index contributed by atoms with van der Waals surface area (Å²) in [5.74, 6) is 1.12. The molecule has 106 valence electrons. The third-order valence-corrected chi connectivity index (χ3v) is 3.33. The highest BCUT2D eigenvalue weighted by molar-refractivity contribution is 6.35. The molecule has 0 spiro atoms. The summed E-state index contributed by atoms with van der Waals surface area (Å²) >= 11 is 6.18. The zero-order chi connectivity index (χ0) is 14.8. The first-order chi connectivity index (χ1) is 10.2. The van der Waals surface area contributed by atoms with Crippen LogP contribution in [0.4, 0.5) is 17.3 Å². The van der Waals surface area contributed by atoms with Crippen molar-refractivity contribution in [1.29, 1.82) is 0 Å². The molecule has 2 aromatic heterocycles. The Morgan fingerprint density at radius 1 is 1.19 bits per heavy atom. The molecule has 0 atom stereocenters. The number of methoxy groups -OCH3 is 1. The van der Waals surface area contributed by atoms with E-state index in [0.717, 1.165) is 16.6 Å². The van der Waals surface area contributed by atoms with E-state index in [4.69, 9.17) is 22.1 Å². The van der Waals surface area contributed by atoms with Crippen molar-refractivity contribution >= 4 is 39.8 Å². The van der Waals surface area contributed by atoms with Crippen molar-refractivity contribution in [3.63, 3.8) is 0 Å². The van der Waals surface area contributed by atoms with Gasteiger partial charge in [-0.1, -0.05) is 11.6 Å². The lowest BCUT2D eigenvalue weighted by molar-refractivity contribution is 0.415. The fourth-order valence-electron chi connectivity index (χ4n) is 2.04. The van der Waals surface area contributed by atoms with Gasteiger partial charge in [-0.25, -0.2) is 9.97 Å². The molecule has 0 aliphatic rings. The summed E-state index contributed by atoms with van der Waals surface area (Å²) in [5.41, 5.74) is 7.27. The van der Waals surface area contributed by atoms with Gasteiger partial charge in [-0.2, -0.15) is 0 Å². The lowest BCUT2D eigenvalue weighted by atomic mass is 10.2. The topological polar surface area (TPSA) is 86.0 Å². The second kappa shape index (κ2) is 5.41. The molecule has 21 heavy (non-hydrogen) atoms. The van der Waals surface area contributed by atoms with E-state index in [2.05, 4.69) is 20.3 Å². The van der Waals surface area contributed by atoms with Gasteiger partial charge in [0, 0.05) is 11.6 Å². The minimum absolute atomic E-state index is 0.265. The monoisotopic (exact) mass is 301 g/mol. The zero-order valence-corrected chi connectivity index (χ0v) is 11.9. The number of nitrogen functional groups attached to an aromatic ring is 1. The number of nitrogens with two attached hydrogens (primary N) is 1. The maximum absolute atomic E-state index is 6.18. The van der Waals surface area contributed by atoms with Gasteiger partial charge in [0.25, 0.3) is 0 Å². The Bertz CT molecular complexity index is 808. The number of benzene rings is 1. The number of halogens is 1. The Morgan fingerprint density at radius 3 is 2.86 bits per heavy atom. The molecule has 0 saturated carbocycles. The molecule has 7 heteroatoms. The van der Waals surface area contributed by atoms with Crippen LogP contribution >= 0.6 is 11.6 Å². The van der Waals surface area contributed by atoms with E-state index < -0.39 is 0 Å². The summed E-state index contributed by atoms with van der Waals surface area (Å²) in [4.78, 5) is 12.4. The van der Waals surface area contributed by atoms with Crippen molar-refractivity contribution in [3.05, 3.63) is 41.8 Å². The van der Waals surface area contributed by atoms with Crippen LogP contribution in [-0.4, -0.2) is 22.1 Å². The lowest BCUT2D eigenvalue weighted by Crippen LogP contribution is -2.03. The number of ether oxygens (including phenoxy) is 1. The van der Waals surface area contributed by atoms with Crippen LogP contribution in [0.1, 0.15) is 0 Å². The molecule has 0 bridgehead atoms. The Kier molecular flexibility index (Phi) is 3.45. The van der Waals surface area contributed by atoms with Crippen LogP contribution in [-0.2, 0) is 0 Å². The summed E-state index contributed by atoms with van der Waals surface area (Å²) in [6.45, 7) is 0. The van der Waals surface area contributed by atoms with Gasteiger partial charge in [0.05, 0.1) is 23.3 Å². The summed E-state index contributed by atoms with van der Waals surface area (Å²) in [7, 11) is 1.51. The van der Waals surface area contributed by atoms with Crippen LogP contribution in [0.3, 0.4) is 0 Å². The van der Waals surface area contributed by atoms with E-state index in [0.29, 0.717) is 16.6 Å². The first-order valence-corrected chi connectivity index (χ1v) is 6.53.